The molecule has 0 aliphatic heterocycles. The fourth-order valence-corrected chi connectivity index (χ4v) is 1.71. The number of amides is 2. The summed E-state index contributed by atoms with van der Waals surface area (Å²) in [6.45, 7) is 1.52. The summed E-state index contributed by atoms with van der Waals surface area (Å²) < 4.78 is 4.92. The van der Waals surface area contributed by atoms with Gasteiger partial charge < -0.3 is 25.3 Å². The quantitative estimate of drug-likeness (QED) is 0.700. The first kappa shape index (κ1) is 17.5. The van der Waals surface area contributed by atoms with Gasteiger partial charge >= 0.3 is 6.09 Å². The van der Waals surface area contributed by atoms with E-state index in [0.29, 0.717) is 6.42 Å². The number of alkyl carbamates (subject to hydrolysis) is 1. The fraction of sp³-hybridized carbons (Fsp3) is 0.400. The van der Waals surface area contributed by atoms with Crippen molar-refractivity contribution in [2.75, 3.05) is 6.54 Å². The van der Waals surface area contributed by atoms with Gasteiger partial charge in [-0.3, -0.25) is 4.79 Å². The molecule has 120 valence electrons. The minimum absolute atomic E-state index is 0.0891. The van der Waals surface area contributed by atoms with E-state index in [2.05, 4.69) is 10.6 Å². The third-order valence-electron chi connectivity index (χ3n) is 2.80. The summed E-state index contributed by atoms with van der Waals surface area (Å²) in [5, 5.41) is 15.3. The molecule has 0 saturated carbocycles. The van der Waals surface area contributed by atoms with Crippen molar-refractivity contribution in [1.82, 2.24) is 10.6 Å². The van der Waals surface area contributed by atoms with Crippen molar-refractivity contribution in [2.45, 2.75) is 32.4 Å². The topological polar surface area (TPSA) is 108 Å². The number of carbonyl (C=O) groups is 3. The summed E-state index contributed by atoms with van der Waals surface area (Å²) in [6, 6.07) is 8.03. The monoisotopic (exact) mass is 307 g/mol. The predicted molar refractivity (Wildman–Crippen MR) is 76.5 cm³/mol. The number of benzene rings is 1. The second-order valence-corrected chi connectivity index (χ2v) is 4.64. The number of hydrogen-bond acceptors (Lipinski definition) is 5. The molecule has 1 rings (SSSR count). The Kier molecular flexibility index (Phi) is 7.45. The molecule has 1 aromatic rings. The maximum absolute atomic E-state index is 11.5. The number of carbonyl (C=O) groups excluding carboxylic acids is 3. The van der Waals surface area contributed by atoms with Gasteiger partial charge in [-0.25, -0.2) is 4.79 Å². The van der Waals surface area contributed by atoms with E-state index < -0.39 is 24.0 Å². The third kappa shape index (κ3) is 6.74. The summed E-state index contributed by atoms with van der Waals surface area (Å²) in [6.07, 6.45) is 0.109. The van der Waals surface area contributed by atoms with Crippen molar-refractivity contribution in [3.8, 4) is 0 Å². The Hall–Kier alpha value is -2.57. The summed E-state index contributed by atoms with van der Waals surface area (Å²) in [7, 11) is 0. The zero-order valence-electron chi connectivity index (χ0n) is 12.3. The van der Waals surface area contributed by atoms with Crippen molar-refractivity contribution in [1.29, 1.82) is 0 Å². The van der Waals surface area contributed by atoms with Gasteiger partial charge in [0.15, 0.2) is 0 Å². The van der Waals surface area contributed by atoms with Crippen molar-refractivity contribution in [2.24, 2.45) is 0 Å². The average molecular weight is 307 g/mol. The SMILES string of the molecule is CCC[C@H](NC(=O)CNC(=O)OCc1ccccc1)C(=O)[O-]. The van der Waals surface area contributed by atoms with Crippen LogP contribution in [0.3, 0.4) is 0 Å². The lowest BCUT2D eigenvalue weighted by atomic mass is 10.1. The molecule has 7 nitrogen and oxygen atoms in total. The molecule has 1 aromatic carbocycles. The van der Waals surface area contributed by atoms with Crippen LogP contribution >= 0.6 is 0 Å². The van der Waals surface area contributed by atoms with Gasteiger partial charge in [0, 0.05) is 0 Å². The van der Waals surface area contributed by atoms with E-state index in [1.807, 2.05) is 18.2 Å². The maximum atomic E-state index is 11.5. The van der Waals surface area contributed by atoms with Gasteiger partial charge in [0.2, 0.25) is 5.91 Å². The lowest BCUT2D eigenvalue weighted by molar-refractivity contribution is -0.308. The summed E-state index contributed by atoms with van der Waals surface area (Å²) >= 11 is 0. The average Bonchev–Trinajstić information content (AvgIpc) is 2.51. The first-order valence-electron chi connectivity index (χ1n) is 6.97. The summed E-state index contributed by atoms with van der Waals surface area (Å²) in [5.74, 6) is -1.96. The number of hydrogen-bond donors (Lipinski definition) is 2. The maximum Gasteiger partial charge on any atom is 0.407 e. The van der Waals surface area contributed by atoms with Crippen LogP contribution in [0.15, 0.2) is 30.3 Å². The van der Waals surface area contributed by atoms with E-state index >= 15 is 0 Å². The van der Waals surface area contributed by atoms with Crippen LogP contribution in [-0.4, -0.2) is 30.6 Å². The molecular weight excluding hydrogens is 288 g/mol. The molecule has 22 heavy (non-hydrogen) atoms. The molecule has 0 saturated heterocycles. The van der Waals surface area contributed by atoms with Crippen LogP contribution in [0.4, 0.5) is 4.79 Å². The lowest BCUT2D eigenvalue weighted by Gasteiger charge is -2.19. The van der Waals surface area contributed by atoms with E-state index in [4.69, 9.17) is 4.74 Å². The Labute approximate surface area is 128 Å². The van der Waals surface area contributed by atoms with Gasteiger partial charge in [0.25, 0.3) is 0 Å². The summed E-state index contributed by atoms with van der Waals surface area (Å²) in [5.41, 5.74) is 0.821. The van der Waals surface area contributed by atoms with E-state index in [-0.39, 0.29) is 19.6 Å². The van der Waals surface area contributed by atoms with E-state index in [1.54, 1.807) is 19.1 Å². The van der Waals surface area contributed by atoms with Crippen LogP contribution in [0.25, 0.3) is 0 Å². The lowest BCUT2D eigenvalue weighted by Crippen LogP contribution is -2.50. The first-order chi connectivity index (χ1) is 10.5. The van der Waals surface area contributed by atoms with Crippen LogP contribution in [0.5, 0.6) is 0 Å². The zero-order chi connectivity index (χ0) is 16.4. The molecule has 0 bridgehead atoms. The number of rotatable bonds is 8. The largest absolute Gasteiger partial charge is 0.548 e. The van der Waals surface area contributed by atoms with Gasteiger partial charge in [-0.05, 0) is 12.0 Å². The zero-order valence-corrected chi connectivity index (χ0v) is 12.3. The van der Waals surface area contributed by atoms with Crippen LogP contribution in [0, 0.1) is 0 Å². The molecule has 0 radical (unpaired) electrons. The van der Waals surface area contributed by atoms with Crippen LogP contribution in [0.2, 0.25) is 0 Å². The molecule has 1 atom stereocenters. The van der Waals surface area contributed by atoms with E-state index in [9.17, 15) is 19.5 Å². The van der Waals surface area contributed by atoms with E-state index in [0.717, 1.165) is 5.56 Å². The Bertz CT molecular complexity index is 504. The molecule has 0 aromatic heterocycles. The van der Waals surface area contributed by atoms with Crippen molar-refractivity contribution >= 4 is 18.0 Å². The third-order valence-corrected chi connectivity index (χ3v) is 2.80. The highest BCUT2D eigenvalue weighted by atomic mass is 16.5. The standard InChI is InChI=1S/C15H20N2O5/c1-2-6-12(14(19)20)17-13(18)9-16-15(21)22-10-11-7-4-3-5-8-11/h3-5,7-8,12H,2,6,9-10H2,1H3,(H,16,21)(H,17,18)(H,19,20)/p-1/t12-/m0/s1. The minimum atomic E-state index is -1.35. The number of carboxylic acid groups (broad SMARTS) is 1. The molecule has 0 heterocycles. The molecule has 0 fully saturated rings. The van der Waals surface area contributed by atoms with Crippen LogP contribution < -0.4 is 15.7 Å². The second kappa shape index (κ2) is 9.38. The highest BCUT2D eigenvalue weighted by Crippen LogP contribution is 2.00. The number of ether oxygens (including phenoxy) is 1. The number of aliphatic carboxylic acids is 1. The molecule has 2 N–H and O–H groups in total. The fourth-order valence-electron chi connectivity index (χ4n) is 1.71. The predicted octanol–water partition coefficient (Wildman–Crippen LogP) is -0.0524. The van der Waals surface area contributed by atoms with Crippen LogP contribution in [0.1, 0.15) is 25.3 Å². The van der Waals surface area contributed by atoms with Gasteiger partial charge in [-0.1, -0.05) is 43.7 Å². The molecule has 0 aliphatic carbocycles. The van der Waals surface area contributed by atoms with Gasteiger partial charge in [-0.2, -0.15) is 0 Å². The Balaban J connectivity index is 2.28. The van der Waals surface area contributed by atoms with Gasteiger partial charge in [-0.15, -0.1) is 0 Å². The molecule has 7 heteroatoms. The molecule has 0 unspecified atom stereocenters. The first-order valence-corrected chi connectivity index (χ1v) is 6.97. The molecule has 0 aliphatic rings. The molecule has 0 spiro atoms. The Morgan fingerprint density at radius 2 is 1.91 bits per heavy atom. The Morgan fingerprint density at radius 3 is 2.50 bits per heavy atom. The molecular formula is C15H19N2O5-. The smallest absolute Gasteiger partial charge is 0.407 e. The van der Waals surface area contributed by atoms with Crippen molar-refractivity contribution < 1.29 is 24.2 Å². The number of carboxylic acids is 1. The van der Waals surface area contributed by atoms with Crippen molar-refractivity contribution in [3.05, 3.63) is 35.9 Å². The highest BCUT2D eigenvalue weighted by Gasteiger charge is 2.13. The van der Waals surface area contributed by atoms with Gasteiger partial charge in [0.05, 0.1) is 12.0 Å². The summed E-state index contributed by atoms with van der Waals surface area (Å²) in [4.78, 5) is 33.7. The molecule has 2 amide bonds. The van der Waals surface area contributed by atoms with E-state index in [1.165, 1.54) is 0 Å². The van der Waals surface area contributed by atoms with Crippen LogP contribution in [-0.2, 0) is 20.9 Å². The van der Waals surface area contributed by atoms with Gasteiger partial charge in [0.1, 0.15) is 13.2 Å². The second-order valence-electron chi connectivity index (χ2n) is 4.64. The van der Waals surface area contributed by atoms with Crippen molar-refractivity contribution in [3.63, 3.8) is 0 Å². The Morgan fingerprint density at radius 1 is 1.23 bits per heavy atom. The minimum Gasteiger partial charge on any atom is -0.548 e. The number of nitrogens with one attached hydrogen (secondary N) is 2. The highest BCUT2D eigenvalue weighted by molar-refractivity contribution is 5.86. The normalized spacial score (nSPS) is 11.3.